The fourth-order valence-electron chi connectivity index (χ4n) is 3.00. The maximum Gasteiger partial charge on any atom is 0.417 e. The third-order valence-electron chi connectivity index (χ3n) is 4.57. The van der Waals surface area contributed by atoms with Crippen molar-refractivity contribution in [2.24, 2.45) is 0 Å². The van der Waals surface area contributed by atoms with Crippen LogP contribution in [-0.2, 0) is 6.18 Å². The number of anilines is 4. The van der Waals surface area contributed by atoms with Gasteiger partial charge >= 0.3 is 6.18 Å². The first-order valence-electron chi connectivity index (χ1n) is 9.28. The lowest BCUT2D eigenvalue weighted by atomic mass is 10.1. The SMILES string of the molecule is Cc1ccc(Nc2ccc(Cl)c(C(F)(F)F)c2)cc1Nc1nccc(-c2ccc[nH]2)n1. The summed E-state index contributed by atoms with van der Waals surface area (Å²) in [5.74, 6) is 0.401. The van der Waals surface area contributed by atoms with Gasteiger partial charge < -0.3 is 15.6 Å². The Morgan fingerprint density at radius 3 is 2.48 bits per heavy atom. The predicted octanol–water partition coefficient (Wildman–Crippen LogP) is 6.94. The second-order valence-electron chi connectivity index (χ2n) is 6.82. The highest BCUT2D eigenvalue weighted by Gasteiger charge is 2.33. The van der Waals surface area contributed by atoms with E-state index in [1.54, 1.807) is 24.4 Å². The molecule has 4 rings (SSSR count). The minimum Gasteiger partial charge on any atom is -0.360 e. The maximum atomic E-state index is 13.1. The number of halogens is 4. The summed E-state index contributed by atoms with van der Waals surface area (Å²) < 4.78 is 39.4. The number of nitrogens with one attached hydrogen (secondary N) is 3. The molecule has 2 aromatic carbocycles. The van der Waals surface area contributed by atoms with Crippen molar-refractivity contribution in [1.29, 1.82) is 0 Å². The molecule has 0 amide bonds. The highest BCUT2D eigenvalue weighted by atomic mass is 35.5. The molecule has 3 N–H and O–H groups in total. The highest BCUT2D eigenvalue weighted by molar-refractivity contribution is 6.31. The molecule has 4 aromatic rings. The fourth-order valence-corrected chi connectivity index (χ4v) is 3.23. The molecule has 2 aromatic heterocycles. The van der Waals surface area contributed by atoms with Gasteiger partial charge in [0.25, 0.3) is 0 Å². The van der Waals surface area contributed by atoms with Gasteiger partial charge in [0.05, 0.1) is 22.0 Å². The molecule has 5 nitrogen and oxygen atoms in total. The lowest BCUT2D eigenvalue weighted by molar-refractivity contribution is -0.137. The zero-order valence-corrected chi connectivity index (χ0v) is 17.0. The molecule has 31 heavy (non-hydrogen) atoms. The van der Waals surface area contributed by atoms with Gasteiger partial charge in [0.15, 0.2) is 0 Å². The molecule has 2 heterocycles. The molecule has 0 fully saturated rings. The van der Waals surface area contributed by atoms with E-state index in [9.17, 15) is 13.2 Å². The summed E-state index contributed by atoms with van der Waals surface area (Å²) in [5, 5.41) is 5.81. The zero-order chi connectivity index (χ0) is 22.0. The van der Waals surface area contributed by atoms with Crippen LogP contribution in [0, 0.1) is 6.92 Å². The Bertz CT molecular complexity index is 1210. The largest absolute Gasteiger partial charge is 0.417 e. The summed E-state index contributed by atoms with van der Waals surface area (Å²) in [4.78, 5) is 11.8. The summed E-state index contributed by atoms with van der Waals surface area (Å²) >= 11 is 5.70. The van der Waals surface area contributed by atoms with E-state index in [0.717, 1.165) is 28.7 Å². The van der Waals surface area contributed by atoms with E-state index in [2.05, 4.69) is 25.6 Å². The van der Waals surface area contributed by atoms with Gasteiger partial charge in [0.1, 0.15) is 0 Å². The van der Waals surface area contributed by atoms with Crippen LogP contribution in [-0.4, -0.2) is 15.0 Å². The van der Waals surface area contributed by atoms with Crippen molar-refractivity contribution in [2.75, 3.05) is 10.6 Å². The Hall–Kier alpha value is -3.52. The van der Waals surface area contributed by atoms with E-state index >= 15 is 0 Å². The van der Waals surface area contributed by atoms with Crippen molar-refractivity contribution in [3.63, 3.8) is 0 Å². The quantitative estimate of drug-likeness (QED) is 0.312. The van der Waals surface area contributed by atoms with Gasteiger partial charge in [0.2, 0.25) is 5.95 Å². The monoisotopic (exact) mass is 443 g/mol. The molecule has 0 aliphatic carbocycles. The Morgan fingerprint density at radius 1 is 0.968 bits per heavy atom. The second-order valence-corrected chi connectivity index (χ2v) is 7.23. The first-order valence-corrected chi connectivity index (χ1v) is 9.66. The Kier molecular flexibility index (Phi) is 5.56. The van der Waals surface area contributed by atoms with Crippen LogP contribution in [0.4, 0.5) is 36.2 Å². The molecule has 0 bridgehead atoms. The topological polar surface area (TPSA) is 65.6 Å². The molecule has 158 valence electrons. The van der Waals surface area contributed by atoms with E-state index < -0.39 is 11.7 Å². The summed E-state index contributed by atoms with van der Waals surface area (Å²) in [6.45, 7) is 1.91. The maximum absolute atomic E-state index is 13.1. The first-order chi connectivity index (χ1) is 14.8. The number of hydrogen-bond donors (Lipinski definition) is 3. The molecule has 0 aliphatic rings. The van der Waals surface area contributed by atoms with Gasteiger partial charge in [-0.25, -0.2) is 9.97 Å². The molecule has 0 spiro atoms. The smallest absolute Gasteiger partial charge is 0.360 e. The van der Waals surface area contributed by atoms with E-state index in [1.165, 1.54) is 12.1 Å². The summed E-state index contributed by atoms with van der Waals surface area (Å²) in [7, 11) is 0. The number of nitrogens with zero attached hydrogens (tertiary/aromatic N) is 2. The molecule has 9 heteroatoms. The van der Waals surface area contributed by atoms with Crippen molar-refractivity contribution < 1.29 is 13.2 Å². The second kappa shape index (κ2) is 8.31. The normalized spacial score (nSPS) is 11.4. The fraction of sp³-hybridized carbons (Fsp3) is 0.0909. The van der Waals surface area contributed by atoms with E-state index in [4.69, 9.17) is 11.6 Å². The molecule has 0 saturated carbocycles. The van der Waals surface area contributed by atoms with Crippen molar-refractivity contribution in [3.05, 3.63) is 83.1 Å². The van der Waals surface area contributed by atoms with Crippen LogP contribution in [0.2, 0.25) is 5.02 Å². The number of aryl methyl sites for hydroxylation is 1. The molecule has 0 saturated heterocycles. The predicted molar refractivity (Wildman–Crippen MR) is 116 cm³/mol. The Labute approximate surface area is 181 Å². The first kappa shape index (κ1) is 20.7. The molecule has 0 radical (unpaired) electrons. The standard InChI is InChI=1S/C22H17ClF3N5/c1-13-4-5-15(29-14-6-7-17(23)16(11-14)22(24,25)26)12-20(13)31-21-28-10-8-19(30-21)18-3-2-9-27-18/h2-12,27,29H,1H3,(H,28,30,31). The van der Waals surface area contributed by atoms with E-state index in [1.807, 2.05) is 31.3 Å². The minimum atomic E-state index is -4.53. The van der Waals surface area contributed by atoms with Crippen molar-refractivity contribution >= 4 is 34.6 Å². The van der Waals surface area contributed by atoms with Gasteiger partial charge in [-0.05, 0) is 61.0 Å². The van der Waals surface area contributed by atoms with Gasteiger partial charge in [0, 0.05) is 29.5 Å². The van der Waals surface area contributed by atoms with Crippen molar-refractivity contribution in [2.45, 2.75) is 13.1 Å². The number of alkyl halides is 3. The van der Waals surface area contributed by atoms with Crippen LogP contribution in [0.5, 0.6) is 0 Å². The molecular formula is C22H17ClF3N5. The number of aromatic nitrogens is 3. The molecular weight excluding hydrogens is 427 g/mol. The lowest BCUT2D eigenvalue weighted by Crippen LogP contribution is -2.06. The number of aromatic amines is 1. The van der Waals surface area contributed by atoms with E-state index in [0.29, 0.717) is 11.6 Å². The molecule has 0 aliphatic heterocycles. The summed E-state index contributed by atoms with van der Waals surface area (Å²) in [6, 6.07) is 14.7. The van der Waals surface area contributed by atoms with Crippen LogP contribution in [0.3, 0.4) is 0 Å². The highest BCUT2D eigenvalue weighted by Crippen LogP contribution is 2.37. The lowest BCUT2D eigenvalue weighted by Gasteiger charge is -2.14. The van der Waals surface area contributed by atoms with Crippen molar-refractivity contribution in [1.82, 2.24) is 15.0 Å². The van der Waals surface area contributed by atoms with Gasteiger partial charge in [-0.2, -0.15) is 13.2 Å². The summed E-state index contributed by atoms with van der Waals surface area (Å²) in [5.41, 5.74) is 3.22. The van der Waals surface area contributed by atoms with Crippen LogP contribution >= 0.6 is 11.6 Å². The van der Waals surface area contributed by atoms with Crippen LogP contribution in [0.15, 0.2) is 67.0 Å². The van der Waals surface area contributed by atoms with Crippen molar-refractivity contribution in [3.8, 4) is 11.4 Å². The number of benzene rings is 2. The molecule has 0 atom stereocenters. The van der Waals surface area contributed by atoms with E-state index in [-0.39, 0.29) is 10.7 Å². The number of H-pyrrole nitrogens is 1. The van der Waals surface area contributed by atoms with Gasteiger partial charge in [-0.3, -0.25) is 0 Å². The average Bonchev–Trinajstić information content (AvgIpc) is 3.26. The zero-order valence-electron chi connectivity index (χ0n) is 16.3. The number of rotatable bonds is 5. The average molecular weight is 444 g/mol. The molecule has 0 unspecified atom stereocenters. The summed E-state index contributed by atoms with van der Waals surface area (Å²) in [6.07, 6.45) is -1.07. The van der Waals surface area contributed by atoms with Gasteiger partial charge in [-0.15, -0.1) is 0 Å². The van der Waals surface area contributed by atoms with Gasteiger partial charge in [-0.1, -0.05) is 17.7 Å². The third-order valence-corrected chi connectivity index (χ3v) is 4.90. The Balaban J connectivity index is 1.58. The van der Waals surface area contributed by atoms with Crippen LogP contribution in [0.25, 0.3) is 11.4 Å². The van der Waals surface area contributed by atoms with Crippen LogP contribution in [0.1, 0.15) is 11.1 Å². The Morgan fingerprint density at radius 2 is 1.74 bits per heavy atom. The third kappa shape index (κ3) is 4.80. The number of hydrogen-bond acceptors (Lipinski definition) is 4. The minimum absolute atomic E-state index is 0.275. The van der Waals surface area contributed by atoms with Crippen LogP contribution < -0.4 is 10.6 Å².